The highest BCUT2D eigenvalue weighted by Gasteiger charge is 2.30. The molecule has 0 atom stereocenters. The first-order valence-electron chi connectivity index (χ1n) is 10.5. The van der Waals surface area contributed by atoms with Crippen LogP contribution in [-0.2, 0) is 21.4 Å². The molecule has 2 heterocycles. The van der Waals surface area contributed by atoms with Crippen molar-refractivity contribution in [2.45, 2.75) is 45.2 Å². The monoisotopic (exact) mass is 450 g/mol. The summed E-state index contributed by atoms with van der Waals surface area (Å²) in [5.74, 6) is 1.35. The van der Waals surface area contributed by atoms with E-state index in [2.05, 4.69) is 17.2 Å². The van der Waals surface area contributed by atoms with Crippen LogP contribution < -0.4 is 14.8 Å². The molecule has 1 aromatic heterocycles. The van der Waals surface area contributed by atoms with Gasteiger partial charge < -0.3 is 19.4 Å². The van der Waals surface area contributed by atoms with E-state index in [1.165, 1.54) is 21.4 Å². The molecule has 0 unspecified atom stereocenters. The molecule has 0 bridgehead atoms. The Morgan fingerprint density at radius 2 is 1.90 bits per heavy atom. The van der Waals surface area contributed by atoms with Gasteiger partial charge in [0.05, 0.1) is 25.2 Å². The van der Waals surface area contributed by atoms with Gasteiger partial charge in [-0.25, -0.2) is 13.4 Å². The second kappa shape index (κ2) is 10.1. The van der Waals surface area contributed by atoms with Gasteiger partial charge in [0.1, 0.15) is 18.0 Å². The number of hydrogen-bond acceptors (Lipinski definition) is 6. The fraction of sp³-hybridized carbons (Fsp3) is 0.524. The van der Waals surface area contributed by atoms with Crippen LogP contribution >= 0.6 is 0 Å². The van der Waals surface area contributed by atoms with E-state index in [9.17, 15) is 13.2 Å². The molecule has 1 amide bonds. The molecule has 1 saturated heterocycles. The molecule has 0 aliphatic carbocycles. The Morgan fingerprint density at radius 1 is 1.19 bits per heavy atom. The van der Waals surface area contributed by atoms with Crippen LogP contribution in [0, 0.1) is 5.92 Å². The summed E-state index contributed by atoms with van der Waals surface area (Å²) in [4.78, 5) is 16.6. The zero-order valence-corrected chi connectivity index (χ0v) is 19.0. The minimum Gasteiger partial charge on any atom is -0.494 e. The molecule has 1 aliphatic heterocycles. The molecular weight excluding hydrogens is 420 g/mol. The molecule has 1 aromatic carbocycles. The lowest BCUT2D eigenvalue weighted by molar-refractivity contribution is -0.116. The highest BCUT2D eigenvalue weighted by atomic mass is 32.2. The van der Waals surface area contributed by atoms with E-state index >= 15 is 0 Å². The van der Waals surface area contributed by atoms with Crippen molar-refractivity contribution in [3.05, 3.63) is 30.7 Å². The fourth-order valence-electron chi connectivity index (χ4n) is 3.42. The van der Waals surface area contributed by atoms with Gasteiger partial charge in [0, 0.05) is 25.4 Å². The van der Waals surface area contributed by atoms with Crippen LogP contribution in [0.4, 0.5) is 5.69 Å². The van der Waals surface area contributed by atoms with Gasteiger partial charge in [-0.15, -0.1) is 0 Å². The maximum absolute atomic E-state index is 12.8. The number of nitrogens with zero attached hydrogens (tertiary/aromatic N) is 3. The minimum absolute atomic E-state index is 0.0387. The Bertz CT molecular complexity index is 997. The van der Waals surface area contributed by atoms with Crippen molar-refractivity contribution in [1.29, 1.82) is 0 Å². The summed E-state index contributed by atoms with van der Waals surface area (Å²) in [7, 11) is -3.65. The number of anilines is 1. The Kier molecular flexibility index (Phi) is 7.55. The largest absolute Gasteiger partial charge is 0.494 e. The third-order valence-electron chi connectivity index (χ3n) is 5.12. The Morgan fingerprint density at radius 3 is 2.58 bits per heavy atom. The molecule has 0 saturated carbocycles. The molecule has 1 N–H and O–H groups in total. The van der Waals surface area contributed by atoms with E-state index in [1.54, 1.807) is 18.2 Å². The van der Waals surface area contributed by atoms with Crippen LogP contribution in [0.3, 0.4) is 0 Å². The maximum atomic E-state index is 12.8. The van der Waals surface area contributed by atoms with Gasteiger partial charge in [0.2, 0.25) is 5.91 Å². The molecule has 170 valence electrons. The predicted molar refractivity (Wildman–Crippen MR) is 117 cm³/mol. The van der Waals surface area contributed by atoms with E-state index in [0.29, 0.717) is 49.4 Å². The number of aromatic nitrogens is 2. The normalized spacial score (nSPS) is 15.6. The van der Waals surface area contributed by atoms with E-state index in [0.717, 1.165) is 12.8 Å². The highest BCUT2D eigenvalue weighted by Crippen LogP contribution is 2.29. The van der Waals surface area contributed by atoms with Crippen molar-refractivity contribution in [2.75, 3.05) is 31.6 Å². The topological polar surface area (TPSA) is 103 Å². The van der Waals surface area contributed by atoms with E-state index < -0.39 is 10.0 Å². The summed E-state index contributed by atoms with van der Waals surface area (Å²) >= 11 is 0. The number of amides is 1. The standard InChI is InChI=1S/C21H30N4O5S/c1-4-29-17-6-7-19(30-5-2)18(12-17)23-20(26)13-24-14-21(22-15-24)31(27,28)25-10-8-16(3)9-11-25/h6-7,12,14-16H,4-5,8-11,13H2,1-3H3,(H,23,26). The predicted octanol–water partition coefficient (Wildman–Crippen LogP) is 2.74. The number of carbonyl (C=O) groups excluding carboxylic acids is 1. The highest BCUT2D eigenvalue weighted by molar-refractivity contribution is 7.89. The number of ether oxygens (including phenoxy) is 2. The lowest BCUT2D eigenvalue weighted by atomic mass is 10.0. The van der Waals surface area contributed by atoms with Crippen molar-refractivity contribution in [3.8, 4) is 11.5 Å². The van der Waals surface area contributed by atoms with Gasteiger partial charge in [-0.1, -0.05) is 6.92 Å². The van der Waals surface area contributed by atoms with Crippen LogP contribution in [0.1, 0.15) is 33.6 Å². The Labute approximate surface area is 183 Å². The van der Waals surface area contributed by atoms with Crippen molar-refractivity contribution in [2.24, 2.45) is 5.92 Å². The number of nitrogens with one attached hydrogen (secondary N) is 1. The number of rotatable bonds is 9. The Balaban J connectivity index is 1.68. The minimum atomic E-state index is -3.65. The van der Waals surface area contributed by atoms with Crippen LogP contribution in [0.25, 0.3) is 0 Å². The zero-order chi connectivity index (χ0) is 22.4. The van der Waals surface area contributed by atoms with Gasteiger partial charge >= 0.3 is 0 Å². The summed E-state index contributed by atoms with van der Waals surface area (Å²) in [6, 6.07) is 5.22. The number of carbonyl (C=O) groups is 1. The Hall–Kier alpha value is -2.59. The van der Waals surface area contributed by atoms with E-state index in [4.69, 9.17) is 9.47 Å². The molecule has 2 aromatic rings. The lowest BCUT2D eigenvalue weighted by Crippen LogP contribution is -2.38. The molecular formula is C21H30N4O5S. The fourth-order valence-corrected chi connectivity index (χ4v) is 4.82. The van der Waals surface area contributed by atoms with Gasteiger partial charge in [-0.2, -0.15) is 4.31 Å². The summed E-state index contributed by atoms with van der Waals surface area (Å²) in [6.07, 6.45) is 4.43. The van der Waals surface area contributed by atoms with Crippen molar-refractivity contribution < 1.29 is 22.7 Å². The van der Waals surface area contributed by atoms with Crippen molar-refractivity contribution in [3.63, 3.8) is 0 Å². The molecule has 1 fully saturated rings. The van der Waals surface area contributed by atoms with E-state index in [1.807, 2.05) is 13.8 Å². The third-order valence-corrected chi connectivity index (χ3v) is 6.90. The van der Waals surface area contributed by atoms with Gasteiger partial charge in [0.25, 0.3) is 10.0 Å². The average molecular weight is 451 g/mol. The first kappa shape index (κ1) is 23.1. The van der Waals surface area contributed by atoms with Gasteiger partial charge in [0.15, 0.2) is 5.03 Å². The van der Waals surface area contributed by atoms with Crippen LogP contribution in [0.5, 0.6) is 11.5 Å². The molecule has 1 aliphatic rings. The number of piperidine rings is 1. The van der Waals surface area contributed by atoms with Gasteiger partial charge in [-0.05, 0) is 44.7 Å². The summed E-state index contributed by atoms with van der Waals surface area (Å²) < 4.78 is 39.6. The molecule has 10 heteroatoms. The number of imidazole rings is 1. The summed E-state index contributed by atoms with van der Waals surface area (Å²) in [6.45, 7) is 7.73. The second-order valence-electron chi connectivity index (χ2n) is 7.54. The SMILES string of the molecule is CCOc1ccc(OCC)c(NC(=O)Cn2cnc(S(=O)(=O)N3CCC(C)CC3)c2)c1. The van der Waals surface area contributed by atoms with Crippen molar-refractivity contribution in [1.82, 2.24) is 13.9 Å². The van der Waals surface area contributed by atoms with Crippen molar-refractivity contribution >= 4 is 21.6 Å². The van der Waals surface area contributed by atoms with E-state index in [-0.39, 0.29) is 17.5 Å². The number of benzene rings is 1. The number of hydrogen-bond donors (Lipinski definition) is 1. The maximum Gasteiger partial charge on any atom is 0.262 e. The summed E-state index contributed by atoms with van der Waals surface area (Å²) in [5.41, 5.74) is 0.494. The molecule has 3 rings (SSSR count). The van der Waals surface area contributed by atoms with Crippen LogP contribution in [-0.4, -0.2) is 54.5 Å². The lowest BCUT2D eigenvalue weighted by Gasteiger charge is -2.28. The average Bonchev–Trinajstić information content (AvgIpc) is 3.20. The van der Waals surface area contributed by atoms with Crippen LogP contribution in [0.15, 0.2) is 35.7 Å². The first-order valence-corrected chi connectivity index (χ1v) is 12.0. The molecule has 0 radical (unpaired) electrons. The first-order chi connectivity index (χ1) is 14.8. The van der Waals surface area contributed by atoms with Crippen LogP contribution in [0.2, 0.25) is 0 Å². The summed E-state index contributed by atoms with van der Waals surface area (Å²) in [5, 5.41) is 2.77. The second-order valence-corrected chi connectivity index (χ2v) is 9.43. The quantitative estimate of drug-likeness (QED) is 0.630. The zero-order valence-electron chi connectivity index (χ0n) is 18.2. The molecule has 31 heavy (non-hydrogen) atoms. The molecule has 9 nitrogen and oxygen atoms in total. The van der Waals surface area contributed by atoms with Gasteiger partial charge in [-0.3, -0.25) is 4.79 Å². The number of sulfonamides is 1. The third kappa shape index (κ3) is 5.76. The molecule has 0 spiro atoms. The smallest absolute Gasteiger partial charge is 0.262 e.